The summed E-state index contributed by atoms with van der Waals surface area (Å²) >= 11 is 1.62. The van der Waals surface area contributed by atoms with Crippen molar-refractivity contribution in [1.82, 2.24) is 14.9 Å². The quantitative estimate of drug-likeness (QED) is 0.661. The van der Waals surface area contributed by atoms with E-state index in [9.17, 15) is 4.79 Å². The molecule has 5 nitrogen and oxygen atoms in total. The second-order valence-electron chi connectivity index (χ2n) is 7.88. The van der Waals surface area contributed by atoms with Crippen LogP contribution in [0.25, 0.3) is 11.0 Å². The Hall–Kier alpha value is -2.31. The number of imidazole rings is 1. The van der Waals surface area contributed by atoms with Crippen molar-refractivity contribution in [3.63, 3.8) is 0 Å². The molecule has 1 aromatic heterocycles. The zero-order valence-electron chi connectivity index (χ0n) is 16.4. The van der Waals surface area contributed by atoms with Gasteiger partial charge in [0.1, 0.15) is 0 Å². The fourth-order valence-electron chi connectivity index (χ4n) is 3.78. The molecule has 28 heavy (non-hydrogen) atoms. The van der Waals surface area contributed by atoms with Crippen LogP contribution in [0.4, 0.5) is 0 Å². The number of carbonyl (C=O) groups excluding carboxylic acids is 1. The highest BCUT2D eigenvalue weighted by atomic mass is 32.2. The monoisotopic (exact) mass is 395 g/mol. The molecule has 0 unspecified atom stereocenters. The van der Waals surface area contributed by atoms with Crippen molar-refractivity contribution >= 4 is 28.7 Å². The van der Waals surface area contributed by atoms with E-state index in [0.29, 0.717) is 18.8 Å². The van der Waals surface area contributed by atoms with Crippen molar-refractivity contribution < 1.29 is 9.53 Å². The molecular weight excluding hydrogens is 370 g/mol. The number of benzene rings is 2. The maximum atomic E-state index is 13.2. The first kappa shape index (κ1) is 19.0. The van der Waals surface area contributed by atoms with Crippen LogP contribution < -0.4 is 0 Å². The Labute approximate surface area is 169 Å². The van der Waals surface area contributed by atoms with Gasteiger partial charge in [-0.25, -0.2) is 4.98 Å². The molecule has 2 heterocycles. The van der Waals surface area contributed by atoms with Crippen molar-refractivity contribution in [2.75, 3.05) is 13.1 Å². The Bertz CT molecular complexity index is 965. The van der Waals surface area contributed by atoms with E-state index in [0.717, 1.165) is 27.3 Å². The molecule has 1 N–H and O–H groups in total. The lowest BCUT2D eigenvalue weighted by Crippen LogP contribution is -2.53. The largest absolute Gasteiger partial charge is 0.369 e. The number of thioether (sulfide) groups is 1. The van der Waals surface area contributed by atoms with Gasteiger partial charge >= 0.3 is 0 Å². The predicted molar refractivity (Wildman–Crippen MR) is 113 cm³/mol. The second-order valence-corrected chi connectivity index (χ2v) is 8.84. The van der Waals surface area contributed by atoms with E-state index in [2.05, 4.69) is 9.97 Å². The molecule has 1 amide bonds. The van der Waals surface area contributed by atoms with Gasteiger partial charge in [0.25, 0.3) is 5.91 Å². The number of H-pyrrole nitrogens is 1. The van der Waals surface area contributed by atoms with Crippen LogP contribution in [0, 0.1) is 0 Å². The number of aromatic nitrogens is 2. The van der Waals surface area contributed by atoms with E-state index in [1.54, 1.807) is 11.8 Å². The smallest absolute Gasteiger partial charge is 0.254 e. The average molecular weight is 396 g/mol. The predicted octanol–water partition coefficient (Wildman–Crippen LogP) is 4.49. The summed E-state index contributed by atoms with van der Waals surface area (Å²) in [5.41, 5.74) is 3.44. The Balaban J connectivity index is 1.52. The van der Waals surface area contributed by atoms with Crippen molar-refractivity contribution in [3.8, 4) is 0 Å². The summed E-state index contributed by atoms with van der Waals surface area (Å²) in [5, 5.41) is 0.865. The van der Waals surface area contributed by atoms with Gasteiger partial charge in [-0.15, -0.1) is 0 Å². The van der Waals surface area contributed by atoms with Crippen molar-refractivity contribution in [2.24, 2.45) is 0 Å². The third-order valence-corrected chi connectivity index (χ3v) is 5.76. The van der Waals surface area contributed by atoms with E-state index in [1.165, 1.54) is 0 Å². The minimum absolute atomic E-state index is 0.0322. The molecule has 1 fully saturated rings. The highest BCUT2D eigenvalue weighted by molar-refractivity contribution is 7.98. The molecule has 4 rings (SSSR count). The van der Waals surface area contributed by atoms with Crippen molar-refractivity contribution in [2.45, 2.75) is 43.4 Å². The number of hydrogen-bond donors (Lipinski definition) is 1. The molecular formula is C22H25N3O2S. The summed E-state index contributed by atoms with van der Waals surface area (Å²) in [6.45, 7) is 7.30. The van der Waals surface area contributed by atoms with Crippen LogP contribution in [-0.2, 0) is 10.5 Å². The van der Waals surface area contributed by atoms with Crippen LogP contribution in [0.5, 0.6) is 0 Å². The number of nitrogens with zero attached hydrogens (tertiary/aromatic N) is 2. The molecule has 1 atom stereocenters. The third-order valence-electron chi connectivity index (χ3n) is 4.84. The van der Waals surface area contributed by atoms with E-state index in [1.807, 2.05) is 74.2 Å². The van der Waals surface area contributed by atoms with Gasteiger partial charge in [-0.3, -0.25) is 4.79 Å². The lowest BCUT2D eigenvalue weighted by atomic mass is 10.0. The molecule has 3 aromatic rings. The highest BCUT2D eigenvalue weighted by Crippen LogP contribution is 2.27. The topological polar surface area (TPSA) is 58.2 Å². The summed E-state index contributed by atoms with van der Waals surface area (Å²) < 4.78 is 5.94. The van der Waals surface area contributed by atoms with E-state index >= 15 is 0 Å². The molecule has 0 radical (unpaired) electrons. The van der Waals surface area contributed by atoms with Gasteiger partial charge in [0, 0.05) is 24.4 Å². The van der Waals surface area contributed by atoms with Crippen LogP contribution in [0.15, 0.2) is 53.7 Å². The average Bonchev–Trinajstić information content (AvgIpc) is 3.07. The van der Waals surface area contributed by atoms with E-state index < -0.39 is 0 Å². The van der Waals surface area contributed by atoms with Crippen LogP contribution in [-0.4, -0.2) is 45.6 Å². The number of aromatic amines is 1. The van der Waals surface area contributed by atoms with Crippen LogP contribution in [0.3, 0.4) is 0 Å². The number of ether oxygens (including phenoxy) is 1. The summed E-state index contributed by atoms with van der Waals surface area (Å²) in [5.74, 6) is 0.759. The van der Waals surface area contributed by atoms with Gasteiger partial charge in [0.2, 0.25) is 0 Å². The second kappa shape index (κ2) is 7.60. The fraction of sp³-hybridized carbons (Fsp3) is 0.364. The number of morpholine rings is 1. The van der Waals surface area contributed by atoms with Crippen LogP contribution >= 0.6 is 11.8 Å². The summed E-state index contributed by atoms with van der Waals surface area (Å²) in [7, 11) is 0. The number of hydrogen-bond acceptors (Lipinski definition) is 4. The first-order valence-electron chi connectivity index (χ1n) is 9.54. The first-order chi connectivity index (χ1) is 13.4. The Kier molecular flexibility index (Phi) is 5.17. The zero-order chi connectivity index (χ0) is 19.7. The molecule has 0 saturated carbocycles. The van der Waals surface area contributed by atoms with Gasteiger partial charge in [-0.1, -0.05) is 42.1 Å². The molecule has 1 aliphatic rings. The molecule has 6 heteroatoms. The number of amides is 1. The van der Waals surface area contributed by atoms with Gasteiger partial charge in [0.15, 0.2) is 5.16 Å². The lowest BCUT2D eigenvalue weighted by molar-refractivity contribution is -0.118. The van der Waals surface area contributed by atoms with Gasteiger partial charge < -0.3 is 14.6 Å². The fourth-order valence-corrected chi connectivity index (χ4v) is 4.67. The minimum atomic E-state index is -0.328. The summed E-state index contributed by atoms with van der Waals surface area (Å²) in [6.07, 6.45) is 0.0322. The van der Waals surface area contributed by atoms with Crippen molar-refractivity contribution in [1.29, 1.82) is 0 Å². The molecule has 146 valence electrons. The molecule has 0 bridgehead atoms. The Morgan fingerprint density at radius 3 is 2.79 bits per heavy atom. The van der Waals surface area contributed by atoms with E-state index in [-0.39, 0.29) is 17.6 Å². The molecule has 2 aromatic carbocycles. The summed E-state index contributed by atoms with van der Waals surface area (Å²) in [6, 6.07) is 15.8. The number of para-hydroxylation sites is 2. The maximum Gasteiger partial charge on any atom is 0.254 e. The molecule has 0 aliphatic carbocycles. The normalized spacial score (nSPS) is 19.1. The van der Waals surface area contributed by atoms with Crippen LogP contribution in [0.2, 0.25) is 0 Å². The molecule has 1 saturated heterocycles. The lowest BCUT2D eigenvalue weighted by Gasteiger charge is -2.41. The highest BCUT2D eigenvalue weighted by Gasteiger charge is 2.34. The third kappa shape index (κ3) is 4.08. The zero-order valence-corrected chi connectivity index (χ0v) is 17.3. The Morgan fingerprint density at radius 1 is 1.25 bits per heavy atom. The van der Waals surface area contributed by atoms with Crippen molar-refractivity contribution in [3.05, 3.63) is 59.7 Å². The van der Waals surface area contributed by atoms with Gasteiger partial charge in [-0.2, -0.15) is 0 Å². The first-order valence-corrected chi connectivity index (χ1v) is 10.5. The van der Waals surface area contributed by atoms with Gasteiger partial charge in [0.05, 0.1) is 22.7 Å². The molecule has 1 aliphatic heterocycles. The number of rotatable bonds is 4. The minimum Gasteiger partial charge on any atom is -0.369 e. The maximum absolute atomic E-state index is 13.2. The standard InChI is InChI=1S/C22H25N3O2S/c1-15-12-25(14-22(2,3)27-15)20(26)17-9-5-4-8-16(17)13-28-21-23-18-10-6-7-11-19(18)24-21/h4-11,15H,12-14H2,1-3H3,(H,23,24)/t15-/m0/s1. The molecule has 0 spiro atoms. The number of fused-ring (bicyclic) bond motifs is 1. The Morgan fingerprint density at radius 2 is 2.00 bits per heavy atom. The number of nitrogens with one attached hydrogen (secondary N) is 1. The summed E-state index contributed by atoms with van der Waals surface area (Å²) in [4.78, 5) is 23.1. The van der Waals surface area contributed by atoms with Gasteiger partial charge in [-0.05, 0) is 44.5 Å². The number of carbonyl (C=O) groups is 1. The SMILES string of the molecule is C[C@H]1CN(C(=O)c2ccccc2CSc2nc3ccccc3[nH]2)CC(C)(C)O1. The van der Waals surface area contributed by atoms with E-state index in [4.69, 9.17) is 4.74 Å². The van der Waals surface area contributed by atoms with Crippen LogP contribution in [0.1, 0.15) is 36.7 Å².